The van der Waals surface area contributed by atoms with Crippen LogP contribution in [0.4, 0.5) is 0 Å². The zero-order valence-electron chi connectivity index (χ0n) is 19.8. The largest absolute Gasteiger partial charge is 0.394 e. The van der Waals surface area contributed by atoms with Crippen molar-refractivity contribution in [1.29, 1.82) is 0 Å². The van der Waals surface area contributed by atoms with Gasteiger partial charge in [-0.15, -0.1) is 0 Å². The van der Waals surface area contributed by atoms with Crippen LogP contribution in [0.2, 0.25) is 0 Å². The minimum absolute atomic E-state index is 0.111. The van der Waals surface area contributed by atoms with E-state index >= 15 is 0 Å². The number of aliphatic hydroxyl groups is 3. The van der Waals surface area contributed by atoms with Gasteiger partial charge in [-0.2, -0.15) is 0 Å². The predicted molar refractivity (Wildman–Crippen MR) is 138 cm³/mol. The molecule has 0 aliphatic carbocycles. The lowest BCUT2D eigenvalue weighted by Gasteiger charge is -2.16. The molecular formula is C28H26N4O5. The molecule has 0 radical (unpaired) electrons. The molecule has 37 heavy (non-hydrogen) atoms. The summed E-state index contributed by atoms with van der Waals surface area (Å²) in [5, 5.41) is 28.6. The maximum atomic E-state index is 11.5. The van der Waals surface area contributed by atoms with Crippen LogP contribution in [0.3, 0.4) is 0 Å². The Kier molecular flexibility index (Phi) is 7.20. The van der Waals surface area contributed by atoms with Crippen molar-refractivity contribution in [3.8, 4) is 22.3 Å². The van der Waals surface area contributed by atoms with E-state index in [1.165, 1.54) is 39.5 Å². The first-order chi connectivity index (χ1) is 18.1. The Morgan fingerprint density at radius 3 is 1.97 bits per heavy atom. The van der Waals surface area contributed by atoms with Gasteiger partial charge in [0, 0.05) is 0 Å². The fraction of sp³-hybridized carbons (Fsp3) is 0.179. The van der Waals surface area contributed by atoms with Crippen LogP contribution in [0.1, 0.15) is 6.23 Å². The first-order valence-corrected chi connectivity index (χ1v) is 11.8. The molecule has 0 unspecified atom stereocenters. The molecule has 3 heterocycles. The highest BCUT2D eigenvalue weighted by Gasteiger charge is 2.43. The molecule has 188 valence electrons. The van der Waals surface area contributed by atoms with Crippen molar-refractivity contribution < 1.29 is 20.1 Å². The van der Waals surface area contributed by atoms with Crippen LogP contribution in [-0.2, 0) is 4.74 Å². The third kappa shape index (κ3) is 5.07. The van der Waals surface area contributed by atoms with Crippen molar-refractivity contribution in [3.05, 3.63) is 108 Å². The number of imidazole rings is 1. The number of hydrogen-bond donors (Lipinski definition) is 4. The third-order valence-electron chi connectivity index (χ3n) is 6.23. The van der Waals surface area contributed by atoms with E-state index in [2.05, 4.69) is 87.7 Å². The molecule has 0 bridgehead atoms. The average molecular weight is 499 g/mol. The number of aromatic nitrogens is 4. The smallest absolute Gasteiger partial charge is 0.278 e. The number of hydrogen-bond acceptors (Lipinski definition) is 7. The molecule has 1 aliphatic rings. The van der Waals surface area contributed by atoms with Crippen molar-refractivity contribution in [2.75, 3.05) is 6.61 Å². The van der Waals surface area contributed by atoms with Crippen molar-refractivity contribution in [2.24, 2.45) is 0 Å². The molecule has 0 amide bonds. The zero-order chi connectivity index (χ0) is 25.8. The Morgan fingerprint density at radius 2 is 1.41 bits per heavy atom. The summed E-state index contributed by atoms with van der Waals surface area (Å²) in [5.74, 6) is 0. The number of nitrogens with one attached hydrogen (secondary N) is 1. The molecule has 3 aromatic carbocycles. The van der Waals surface area contributed by atoms with Crippen molar-refractivity contribution >= 4 is 11.2 Å². The number of fused-ring (bicyclic) bond motifs is 1. The molecular weight excluding hydrogens is 472 g/mol. The number of nitrogens with zero attached hydrogens (tertiary/aromatic N) is 3. The number of aromatic amines is 1. The summed E-state index contributed by atoms with van der Waals surface area (Å²) in [5.41, 5.74) is 4.98. The minimum atomic E-state index is -1.24. The van der Waals surface area contributed by atoms with Crippen LogP contribution in [0.15, 0.2) is 102 Å². The highest BCUT2D eigenvalue weighted by atomic mass is 16.6. The summed E-state index contributed by atoms with van der Waals surface area (Å²) in [6.45, 7) is -0.421. The zero-order valence-corrected chi connectivity index (χ0v) is 19.8. The van der Waals surface area contributed by atoms with Crippen LogP contribution in [0.5, 0.6) is 0 Å². The average Bonchev–Trinajstić information content (AvgIpc) is 3.51. The Hall–Kier alpha value is -4.15. The topological polar surface area (TPSA) is 133 Å². The summed E-state index contributed by atoms with van der Waals surface area (Å²) in [6, 6.07) is 29.6. The Labute approximate surface area is 212 Å². The molecule has 0 spiro atoms. The second-order valence-corrected chi connectivity index (χ2v) is 8.60. The molecule has 4 atom stereocenters. The summed E-state index contributed by atoms with van der Waals surface area (Å²) < 4.78 is 6.70. The SMILES string of the molecule is O=c1[nH]cnc2c1ncn2[C@@H]1O[C@H](CO)[C@@H](O)[C@H]1O.c1ccc(-c2cccc(-c3ccccc3)c2)cc1. The molecule has 9 heteroatoms. The van der Waals surface area contributed by atoms with Gasteiger partial charge < -0.3 is 25.0 Å². The molecule has 5 aromatic rings. The maximum absolute atomic E-state index is 11.5. The van der Waals surface area contributed by atoms with Gasteiger partial charge in [0.15, 0.2) is 17.4 Å². The van der Waals surface area contributed by atoms with E-state index in [1.54, 1.807) is 0 Å². The first-order valence-electron chi connectivity index (χ1n) is 11.8. The number of benzene rings is 3. The Balaban J connectivity index is 0.000000152. The van der Waals surface area contributed by atoms with Crippen molar-refractivity contribution in [1.82, 2.24) is 19.5 Å². The lowest BCUT2D eigenvalue weighted by atomic mass is 9.99. The first kappa shape index (κ1) is 24.5. The van der Waals surface area contributed by atoms with E-state index in [9.17, 15) is 15.0 Å². The van der Waals surface area contributed by atoms with Gasteiger partial charge in [-0.3, -0.25) is 9.36 Å². The van der Waals surface area contributed by atoms with E-state index in [1.807, 2.05) is 12.1 Å². The van der Waals surface area contributed by atoms with Gasteiger partial charge in [0.25, 0.3) is 5.56 Å². The van der Waals surface area contributed by atoms with Crippen LogP contribution < -0.4 is 5.56 Å². The van der Waals surface area contributed by atoms with Gasteiger partial charge in [-0.1, -0.05) is 78.9 Å². The molecule has 6 rings (SSSR count). The highest BCUT2D eigenvalue weighted by molar-refractivity contribution is 5.73. The van der Waals surface area contributed by atoms with Crippen LogP contribution in [0, 0.1) is 0 Å². The van der Waals surface area contributed by atoms with Crippen LogP contribution in [-0.4, -0.2) is 59.8 Å². The summed E-state index contributed by atoms with van der Waals surface area (Å²) in [4.78, 5) is 21.8. The fourth-order valence-corrected chi connectivity index (χ4v) is 4.30. The van der Waals surface area contributed by atoms with Gasteiger partial charge in [-0.25, -0.2) is 9.97 Å². The lowest BCUT2D eigenvalue weighted by molar-refractivity contribution is -0.0511. The molecule has 1 fully saturated rings. The summed E-state index contributed by atoms with van der Waals surface area (Å²) >= 11 is 0. The molecule has 4 N–H and O–H groups in total. The third-order valence-corrected chi connectivity index (χ3v) is 6.23. The molecule has 1 aliphatic heterocycles. The minimum Gasteiger partial charge on any atom is -0.394 e. The lowest BCUT2D eigenvalue weighted by Crippen LogP contribution is -2.33. The number of aliphatic hydroxyl groups excluding tert-OH is 3. The van der Waals surface area contributed by atoms with Gasteiger partial charge >= 0.3 is 0 Å². The Bertz CT molecular complexity index is 1470. The quantitative estimate of drug-likeness (QED) is 0.299. The van der Waals surface area contributed by atoms with Crippen molar-refractivity contribution in [2.45, 2.75) is 24.5 Å². The molecule has 2 aromatic heterocycles. The monoisotopic (exact) mass is 498 g/mol. The van der Waals surface area contributed by atoms with Crippen LogP contribution >= 0.6 is 0 Å². The number of rotatable bonds is 4. The molecule has 9 nitrogen and oxygen atoms in total. The van der Waals surface area contributed by atoms with E-state index < -0.39 is 36.7 Å². The Morgan fingerprint density at radius 1 is 0.811 bits per heavy atom. The molecule has 0 saturated carbocycles. The van der Waals surface area contributed by atoms with Gasteiger partial charge in [-0.05, 0) is 28.3 Å². The normalized spacial score (nSPS) is 20.9. The standard InChI is InChI=1S/C18H14.C10H12N4O5/c1-3-8-15(9-4-1)17-12-7-13-18(14-17)16-10-5-2-6-11-16;15-1-4-6(16)7(17)10(19-4)14-3-13-5-8(14)11-2-12-9(5)18/h1-14H;2-4,6-7,10,15-17H,1H2,(H,11,12,18)/t;4-,6-,7-,10-/m.1/s1. The van der Waals surface area contributed by atoms with Gasteiger partial charge in [0.1, 0.15) is 18.3 Å². The summed E-state index contributed by atoms with van der Waals surface area (Å²) in [6.07, 6.45) is -1.78. The predicted octanol–water partition coefficient (Wildman–Crippen LogP) is 2.75. The van der Waals surface area contributed by atoms with Gasteiger partial charge in [0.05, 0.1) is 19.3 Å². The van der Waals surface area contributed by atoms with E-state index in [-0.39, 0.29) is 11.2 Å². The number of H-pyrrole nitrogens is 1. The van der Waals surface area contributed by atoms with Gasteiger partial charge in [0.2, 0.25) is 0 Å². The van der Waals surface area contributed by atoms with Crippen molar-refractivity contribution in [3.63, 3.8) is 0 Å². The fourth-order valence-electron chi connectivity index (χ4n) is 4.30. The number of ether oxygens (including phenoxy) is 1. The summed E-state index contributed by atoms with van der Waals surface area (Å²) in [7, 11) is 0. The highest BCUT2D eigenvalue weighted by Crippen LogP contribution is 2.30. The van der Waals surface area contributed by atoms with Crippen LogP contribution in [0.25, 0.3) is 33.4 Å². The second-order valence-electron chi connectivity index (χ2n) is 8.60. The second kappa shape index (κ2) is 10.9. The maximum Gasteiger partial charge on any atom is 0.278 e. The van der Waals surface area contributed by atoms with E-state index in [4.69, 9.17) is 9.84 Å². The van der Waals surface area contributed by atoms with E-state index in [0.29, 0.717) is 0 Å². The van der Waals surface area contributed by atoms with E-state index in [0.717, 1.165) is 0 Å². The molecule has 1 saturated heterocycles.